The van der Waals surface area contributed by atoms with E-state index < -0.39 is 0 Å². The van der Waals surface area contributed by atoms with Crippen LogP contribution in [0.25, 0.3) is 0 Å². The number of carbonyl (C=O) groups is 1. The van der Waals surface area contributed by atoms with Gasteiger partial charge in [0, 0.05) is 51.2 Å². The van der Waals surface area contributed by atoms with E-state index in [1.807, 2.05) is 54.7 Å². The molecule has 2 N–H and O–H groups in total. The number of ether oxygens (including phenoxy) is 1. The number of methoxy groups -OCH3 is 1. The first-order valence-electron chi connectivity index (χ1n) is 10.8. The summed E-state index contributed by atoms with van der Waals surface area (Å²) in [6.45, 7) is 5.32. The van der Waals surface area contributed by atoms with E-state index in [1.165, 1.54) is 5.56 Å². The zero-order chi connectivity index (χ0) is 22.2. The molecule has 2 aromatic carbocycles. The zero-order valence-electron chi connectivity index (χ0n) is 18.3. The zero-order valence-corrected chi connectivity index (χ0v) is 18.3. The van der Waals surface area contributed by atoms with Crippen LogP contribution in [0.4, 0.5) is 16.3 Å². The average molecular weight is 432 g/mol. The molecule has 0 bridgehead atoms. The summed E-state index contributed by atoms with van der Waals surface area (Å²) in [7, 11) is 1.63. The Balaban J connectivity index is 1.20. The van der Waals surface area contributed by atoms with E-state index >= 15 is 0 Å². The molecule has 7 nitrogen and oxygen atoms in total. The number of urea groups is 1. The Kier molecular flexibility index (Phi) is 7.19. The number of amides is 2. The molecule has 0 unspecified atom stereocenters. The molecule has 0 spiro atoms. The van der Waals surface area contributed by atoms with Crippen molar-refractivity contribution < 1.29 is 9.53 Å². The first-order chi connectivity index (χ1) is 15.7. The van der Waals surface area contributed by atoms with E-state index in [9.17, 15) is 4.79 Å². The van der Waals surface area contributed by atoms with Crippen LogP contribution in [0.15, 0.2) is 72.9 Å². The number of hydrogen-bond acceptors (Lipinski definition) is 5. The number of nitrogens with zero attached hydrogens (tertiary/aromatic N) is 3. The topological polar surface area (TPSA) is 69.7 Å². The van der Waals surface area contributed by atoms with E-state index in [2.05, 4.69) is 43.6 Å². The fourth-order valence-corrected chi connectivity index (χ4v) is 3.73. The van der Waals surface area contributed by atoms with Crippen LogP contribution in [-0.2, 0) is 13.1 Å². The fraction of sp³-hybridized carbons (Fsp3) is 0.280. The third-order valence-electron chi connectivity index (χ3n) is 5.58. The maximum Gasteiger partial charge on any atom is 0.319 e. The second-order valence-electron chi connectivity index (χ2n) is 7.80. The number of nitrogens with one attached hydrogen (secondary N) is 2. The lowest BCUT2D eigenvalue weighted by atomic mass is 10.1. The second kappa shape index (κ2) is 10.6. The molecule has 7 heteroatoms. The molecule has 1 saturated heterocycles. The van der Waals surface area contributed by atoms with Crippen molar-refractivity contribution in [1.82, 2.24) is 15.2 Å². The van der Waals surface area contributed by atoms with E-state index in [1.54, 1.807) is 7.11 Å². The Morgan fingerprint density at radius 1 is 0.938 bits per heavy atom. The van der Waals surface area contributed by atoms with E-state index in [0.717, 1.165) is 55.5 Å². The largest absolute Gasteiger partial charge is 0.497 e. The molecule has 0 aliphatic carbocycles. The predicted molar refractivity (Wildman–Crippen MR) is 127 cm³/mol. The SMILES string of the molecule is COc1ccc(CNC(=O)Nc2ccc(CN3CCN(c4ccccn4)CC3)cc2)cc1. The molecule has 0 atom stereocenters. The molecule has 2 amide bonds. The lowest BCUT2D eigenvalue weighted by Gasteiger charge is -2.35. The molecule has 166 valence electrons. The molecule has 32 heavy (non-hydrogen) atoms. The number of carbonyl (C=O) groups excluding carboxylic acids is 1. The third-order valence-corrected chi connectivity index (χ3v) is 5.58. The van der Waals surface area contributed by atoms with Gasteiger partial charge in [0.05, 0.1) is 7.11 Å². The summed E-state index contributed by atoms with van der Waals surface area (Å²) in [5.41, 5.74) is 3.03. The third kappa shape index (κ3) is 5.98. The number of rotatable bonds is 7. The molecule has 3 aromatic rings. The van der Waals surface area contributed by atoms with Crippen molar-refractivity contribution >= 4 is 17.5 Å². The van der Waals surface area contributed by atoms with Crippen molar-refractivity contribution in [2.24, 2.45) is 0 Å². The summed E-state index contributed by atoms with van der Waals surface area (Å²) in [5.74, 6) is 1.85. The van der Waals surface area contributed by atoms with Crippen molar-refractivity contribution in [2.45, 2.75) is 13.1 Å². The van der Waals surface area contributed by atoms with Crippen molar-refractivity contribution in [3.05, 3.63) is 84.1 Å². The Morgan fingerprint density at radius 3 is 2.31 bits per heavy atom. The van der Waals surface area contributed by atoms with E-state index in [0.29, 0.717) is 6.54 Å². The van der Waals surface area contributed by atoms with Gasteiger partial charge in [-0.15, -0.1) is 0 Å². The van der Waals surface area contributed by atoms with Crippen LogP contribution in [-0.4, -0.2) is 49.2 Å². The molecule has 4 rings (SSSR count). The van der Waals surface area contributed by atoms with Crippen LogP contribution in [0.5, 0.6) is 5.75 Å². The van der Waals surface area contributed by atoms with Crippen molar-refractivity contribution in [1.29, 1.82) is 0 Å². The van der Waals surface area contributed by atoms with Gasteiger partial charge in [-0.25, -0.2) is 9.78 Å². The molecule has 0 saturated carbocycles. The van der Waals surface area contributed by atoms with Crippen molar-refractivity contribution in [3.63, 3.8) is 0 Å². The summed E-state index contributed by atoms with van der Waals surface area (Å²) >= 11 is 0. The predicted octanol–water partition coefficient (Wildman–Crippen LogP) is 3.73. The number of hydrogen-bond donors (Lipinski definition) is 2. The lowest BCUT2D eigenvalue weighted by molar-refractivity contribution is 0.249. The average Bonchev–Trinajstić information content (AvgIpc) is 2.85. The van der Waals surface area contributed by atoms with Gasteiger partial charge in [-0.1, -0.05) is 30.3 Å². The highest BCUT2D eigenvalue weighted by Crippen LogP contribution is 2.16. The highest BCUT2D eigenvalue weighted by Gasteiger charge is 2.17. The summed E-state index contributed by atoms with van der Waals surface area (Å²) in [6, 6.07) is 21.5. The number of piperazine rings is 1. The van der Waals surface area contributed by atoms with Crippen molar-refractivity contribution in [3.8, 4) is 5.75 Å². The minimum atomic E-state index is -0.223. The number of pyridine rings is 1. The minimum Gasteiger partial charge on any atom is -0.497 e. The quantitative estimate of drug-likeness (QED) is 0.597. The number of anilines is 2. The summed E-state index contributed by atoms with van der Waals surface area (Å²) in [4.78, 5) is 21.4. The monoisotopic (exact) mass is 431 g/mol. The van der Waals surface area contributed by atoms with Gasteiger partial charge in [0.15, 0.2) is 0 Å². The van der Waals surface area contributed by atoms with Gasteiger partial charge < -0.3 is 20.3 Å². The molecule has 1 aromatic heterocycles. The second-order valence-corrected chi connectivity index (χ2v) is 7.80. The minimum absolute atomic E-state index is 0.223. The van der Waals surface area contributed by atoms with Crippen LogP contribution >= 0.6 is 0 Å². The van der Waals surface area contributed by atoms with Gasteiger partial charge in [0.2, 0.25) is 0 Å². The van der Waals surface area contributed by atoms with Crippen molar-refractivity contribution in [2.75, 3.05) is 43.5 Å². The van der Waals surface area contributed by atoms with Gasteiger partial charge >= 0.3 is 6.03 Å². The fourth-order valence-electron chi connectivity index (χ4n) is 3.73. The molecule has 1 aliphatic heterocycles. The Bertz CT molecular complexity index is 985. The van der Waals surface area contributed by atoms with Crippen LogP contribution < -0.4 is 20.3 Å². The van der Waals surface area contributed by atoms with E-state index in [-0.39, 0.29) is 6.03 Å². The van der Waals surface area contributed by atoms with Gasteiger partial charge in [-0.3, -0.25) is 4.90 Å². The number of benzene rings is 2. The van der Waals surface area contributed by atoms with Crippen LogP contribution in [0.1, 0.15) is 11.1 Å². The first kappa shape index (κ1) is 21.6. The maximum atomic E-state index is 12.2. The Hall–Kier alpha value is -3.58. The molecule has 0 radical (unpaired) electrons. The molecular formula is C25H29N5O2. The normalized spacial score (nSPS) is 14.1. The van der Waals surface area contributed by atoms with E-state index in [4.69, 9.17) is 4.74 Å². The van der Waals surface area contributed by atoms with Gasteiger partial charge in [0.25, 0.3) is 0 Å². The standard InChI is InChI=1S/C25H29N5O2/c1-32-23-11-7-20(8-12-23)18-27-25(31)28-22-9-5-21(6-10-22)19-29-14-16-30(17-15-29)24-4-2-3-13-26-24/h2-13H,14-19H2,1H3,(H2,27,28,31). The smallest absolute Gasteiger partial charge is 0.319 e. The van der Waals surface area contributed by atoms with Gasteiger partial charge in [-0.2, -0.15) is 0 Å². The molecular weight excluding hydrogens is 402 g/mol. The van der Waals surface area contributed by atoms with Gasteiger partial charge in [-0.05, 0) is 47.5 Å². The highest BCUT2D eigenvalue weighted by molar-refractivity contribution is 5.89. The summed E-state index contributed by atoms with van der Waals surface area (Å²) < 4.78 is 5.15. The molecule has 2 heterocycles. The number of aromatic nitrogens is 1. The highest BCUT2D eigenvalue weighted by atomic mass is 16.5. The summed E-state index contributed by atoms with van der Waals surface area (Å²) in [5, 5.41) is 5.76. The molecule has 1 aliphatic rings. The lowest BCUT2D eigenvalue weighted by Crippen LogP contribution is -2.46. The Morgan fingerprint density at radius 2 is 1.66 bits per heavy atom. The maximum absolute atomic E-state index is 12.2. The summed E-state index contributed by atoms with van der Waals surface area (Å²) in [6.07, 6.45) is 1.84. The first-order valence-corrected chi connectivity index (χ1v) is 10.8. The Labute approximate surface area is 189 Å². The van der Waals surface area contributed by atoms with Gasteiger partial charge in [0.1, 0.15) is 11.6 Å². The van der Waals surface area contributed by atoms with Crippen LogP contribution in [0.2, 0.25) is 0 Å². The van der Waals surface area contributed by atoms with Crippen LogP contribution in [0, 0.1) is 0 Å². The molecule has 1 fully saturated rings. The van der Waals surface area contributed by atoms with Crippen LogP contribution in [0.3, 0.4) is 0 Å².